The first-order valence-corrected chi connectivity index (χ1v) is 5.45. The van der Waals surface area contributed by atoms with Crippen molar-refractivity contribution in [3.05, 3.63) is 48.6 Å². The van der Waals surface area contributed by atoms with Crippen LogP contribution in [-0.4, -0.2) is 30.5 Å². The van der Waals surface area contributed by atoms with E-state index in [-0.39, 0.29) is 19.3 Å². The van der Waals surface area contributed by atoms with Gasteiger partial charge >= 0.3 is 6.09 Å². The number of hydrogen-bond acceptors (Lipinski definition) is 3. The first-order valence-electron chi connectivity index (χ1n) is 5.45. The van der Waals surface area contributed by atoms with Gasteiger partial charge in [0.1, 0.15) is 6.61 Å². The van der Waals surface area contributed by atoms with Crippen molar-refractivity contribution in [1.29, 1.82) is 0 Å². The second-order valence-electron chi connectivity index (χ2n) is 3.60. The third-order valence-electron chi connectivity index (χ3n) is 2.20. The molecule has 0 saturated heterocycles. The lowest BCUT2D eigenvalue weighted by molar-refractivity contribution is 0.146. The molecule has 1 rings (SSSR count). The van der Waals surface area contributed by atoms with Crippen LogP contribution in [0.1, 0.15) is 5.56 Å². The zero-order valence-electron chi connectivity index (χ0n) is 9.63. The second-order valence-corrected chi connectivity index (χ2v) is 3.60. The summed E-state index contributed by atoms with van der Waals surface area (Å²) in [7, 11) is 0. The third kappa shape index (κ3) is 5.17. The van der Waals surface area contributed by atoms with Gasteiger partial charge in [0, 0.05) is 0 Å². The number of carbonyl (C=O) groups excluding carboxylic acids is 1. The summed E-state index contributed by atoms with van der Waals surface area (Å²) in [5.74, 6) is 0. The highest BCUT2D eigenvalue weighted by Gasteiger charge is 2.12. The van der Waals surface area contributed by atoms with Crippen LogP contribution in [0.25, 0.3) is 0 Å². The molecule has 0 aromatic heterocycles. The first kappa shape index (κ1) is 13.3. The molecule has 0 saturated carbocycles. The molecule has 0 radical (unpaired) electrons. The lowest BCUT2D eigenvalue weighted by Crippen LogP contribution is -2.39. The number of benzene rings is 1. The molecule has 0 heterocycles. The predicted octanol–water partition coefficient (Wildman–Crippen LogP) is 1.50. The van der Waals surface area contributed by atoms with Gasteiger partial charge in [0.05, 0.1) is 12.6 Å². The molecule has 4 heteroatoms. The largest absolute Gasteiger partial charge is 0.445 e. The third-order valence-corrected chi connectivity index (χ3v) is 2.20. The predicted molar refractivity (Wildman–Crippen MR) is 65.7 cm³/mol. The standard InChI is InChI=1S/C13H17NO3/c1-2-8-17-13(16)14-12(10-15)9-11-6-4-3-5-7-11/h2-7,12,15H,1,8-10H2,(H,14,16)/t12-/m0/s1. The number of alkyl carbamates (subject to hydrolysis) is 1. The maximum Gasteiger partial charge on any atom is 0.407 e. The van der Waals surface area contributed by atoms with Gasteiger partial charge in [-0.3, -0.25) is 0 Å². The van der Waals surface area contributed by atoms with Crippen molar-refractivity contribution in [1.82, 2.24) is 5.32 Å². The van der Waals surface area contributed by atoms with Crippen molar-refractivity contribution >= 4 is 6.09 Å². The smallest absolute Gasteiger partial charge is 0.407 e. The zero-order chi connectivity index (χ0) is 12.5. The summed E-state index contributed by atoms with van der Waals surface area (Å²) < 4.78 is 4.78. The quantitative estimate of drug-likeness (QED) is 0.735. The van der Waals surface area contributed by atoms with E-state index in [0.29, 0.717) is 6.42 Å². The van der Waals surface area contributed by atoms with Crippen LogP contribution in [0.5, 0.6) is 0 Å². The van der Waals surface area contributed by atoms with E-state index in [1.807, 2.05) is 30.3 Å². The van der Waals surface area contributed by atoms with Gasteiger partial charge in [-0.1, -0.05) is 43.0 Å². The molecule has 1 atom stereocenters. The maximum absolute atomic E-state index is 11.3. The van der Waals surface area contributed by atoms with E-state index in [0.717, 1.165) is 5.56 Å². The summed E-state index contributed by atoms with van der Waals surface area (Å²) in [6.45, 7) is 3.48. The van der Waals surface area contributed by atoms with E-state index in [4.69, 9.17) is 4.74 Å². The van der Waals surface area contributed by atoms with E-state index in [1.54, 1.807) is 0 Å². The van der Waals surface area contributed by atoms with E-state index in [2.05, 4.69) is 11.9 Å². The summed E-state index contributed by atoms with van der Waals surface area (Å²) >= 11 is 0. The number of ether oxygens (including phenoxy) is 1. The van der Waals surface area contributed by atoms with Gasteiger partial charge in [0.2, 0.25) is 0 Å². The molecule has 1 aromatic rings. The number of aliphatic hydroxyl groups is 1. The Balaban J connectivity index is 2.43. The lowest BCUT2D eigenvalue weighted by Gasteiger charge is -2.15. The Kier molecular flexibility index (Phi) is 5.82. The summed E-state index contributed by atoms with van der Waals surface area (Å²) in [6, 6.07) is 9.30. The highest BCUT2D eigenvalue weighted by atomic mass is 16.5. The van der Waals surface area contributed by atoms with Crippen molar-refractivity contribution in [2.75, 3.05) is 13.2 Å². The Bertz CT molecular complexity index is 351. The van der Waals surface area contributed by atoms with Crippen molar-refractivity contribution < 1.29 is 14.6 Å². The normalized spacial score (nSPS) is 11.6. The molecule has 0 unspecified atom stereocenters. The fraction of sp³-hybridized carbons (Fsp3) is 0.308. The molecular formula is C13H17NO3. The average Bonchev–Trinajstić information content (AvgIpc) is 2.36. The molecule has 0 aliphatic rings. The van der Waals surface area contributed by atoms with Crippen molar-refractivity contribution in [3.8, 4) is 0 Å². The van der Waals surface area contributed by atoms with Gasteiger partial charge in [-0.05, 0) is 12.0 Å². The van der Waals surface area contributed by atoms with E-state index >= 15 is 0 Å². The number of amides is 1. The Morgan fingerprint density at radius 1 is 1.47 bits per heavy atom. The van der Waals surface area contributed by atoms with Crippen LogP contribution in [-0.2, 0) is 11.2 Å². The molecule has 2 N–H and O–H groups in total. The SMILES string of the molecule is C=CCOC(=O)N[C@H](CO)Cc1ccccc1. The molecule has 4 nitrogen and oxygen atoms in total. The number of hydrogen-bond donors (Lipinski definition) is 2. The van der Waals surface area contributed by atoms with Crippen LogP contribution in [0, 0.1) is 0 Å². The number of aliphatic hydroxyl groups excluding tert-OH is 1. The van der Waals surface area contributed by atoms with Crippen LogP contribution in [0.3, 0.4) is 0 Å². The van der Waals surface area contributed by atoms with Crippen LogP contribution in [0.15, 0.2) is 43.0 Å². The topological polar surface area (TPSA) is 58.6 Å². The van der Waals surface area contributed by atoms with Crippen LogP contribution in [0.4, 0.5) is 4.79 Å². The Labute approximate surface area is 101 Å². The molecular weight excluding hydrogens is 218 g/mol. The molecule has 1 amide bonds. The van der Waals surface area contributed by atoms with Gasteiger partial charge < -0.3 is 15.2 Å². The van der Waals surface area contributed by atoms with Crippen LogP contribution >= 0.6 is 0 Å². The van der Waals surface area contributed by atoms with Gasteiger partial charge in [0.15, 0.2) is 0 Å². The minimum atomic E-state index is -0.542. The Morgan fingerprint density at radius 3 is 2.76 bits per heavy atom. The van der Waals surface area contributed by atoms with Gasteiger partial charge in [-0.15, -0.1) is 0 Å². The molecule has 0 spiro atoms. The fourth-order valence-electron chi connectivity index (χ4n) is 1.40. The average molecular weight is 235 g/mol. The van der Waals surface area contributed by atoms with E-state index in [1.165, 1.54) is 6.08 Å². The molecule has 0 aliphatic carbocycles. The van der Waals surface area contributed by atoms with Crippen LogP contribution in [0.2, 0.25) is 0 Å². The summed E-state index contributed by atoms with van der Waals surface area (Å²) in [6.07, 6.45) is 1.52. The number of rotatable bonds is 6. The molecule has 0 fully saturated rings. The molecule has 1 aromatic carbocycles. The van der Waals surface area contributed by atoms with Crippen molar-refractivity contribution in [3.63, 3.8) is 0 Å². The van der Waals surface area contributed by atoms with Crippen LogP contribution < -0.4 is 5.32 Å². The molecule has 17 heavy (non-hydrogen) atoms. The minimum Gasteiger partial charge on any atom is -0.445 e. The number of nitrogens with one attached hydrogen (secondary N) is 1. The highest BCUT2D eigenvalue weighted by Crippen LogP contribution is 2.03. The first-order chi connectivity index (χ1) is 8.26. The molecule has 0 bridgehead atoms. The molecule has 92 valence electrons. The Morgan fingerprint density at radius 2 is 2.18 bits per heavy atom. The Hall–Kier alpha value is -1.81. The van der Waals surface area contributed by atoms with Crippen molar-refractivity contribution in [2.45, 2.75) is 12.5 Å². The van der Waals surface area contributed by atoms with Gasteiger partial charge in [-0.2, -0.15) is 0 Å². The monoisotopic (exact) mass is 235 g/mol. The number of carbonyl (C=O) groups is 1. The molecule has 0 aliphatic heterocycles. The summed E-state index contributed by atoms with van der Waals surface area (Å²) in [5, 5.41) is 11.8. The lowest BCUT2D eigenvalue weighted by atomic mass is 10.1. The zero-order valence-corrected chi connectivity index (χ0v) is 9.63. The highest BCUT2D eigenvalue weighted by molar-refractivity contribution is 5.67. The maximum atomic E-state index is 11.3. The second kappa shape index (κ2) is 7.46. The minimum absolute atomic E-state index is 0.127. The van der Waals surface area contributed by atoms with Crippen molar-refractivity contribution in [2.24, 2.45) is 0 Å². The van der Waals surface area contributed by atoms with Gasteiger partial charge in [-0.25, -0.2) is 4.79 Å². The fourth-order valence-corrected chi connectivity index (χ4v) is 1.40. The summed E-state index contributed by atoms with van der Waals surface area (Å²) in [5.41, 5.74) is 1.05. The summed E-state index contributed by atoms with van der Waals surface area (Å²) in [4.78, 5) is 11.3. The van der Waals surface area contributed by atoms with E-state index < -0.39 is 6.09 Å². The van der Waals surface area contributed by atoms with E-state index in [9.17, 15) is 9.90 Å². The van der Waals surface area contributed by atoms with Gasteiger partial charge in [0.25, 0.3) is 0 Å².